The molecule has 0 spiro atoms. The van der Waals surface area contributed by atoms with Crippen molar-refractivity contribution in [1.82, 2.24) is 4.98 Å². The number of benzene rings is 1. The van der Waals surface area contributed by atoms with Crippen LogP contribution in [0.5, 0.6) is 5.75 Å². The summed E-state index contributed by atoms with van der Waals surface area (Å²) in [5.41, 5.74) is 0.788. The molecule has 2 aromatic rings. The average molecular weight is 321 g/mol. The van der Waals surface area contributed by atoms with Gasteiger partial charge in [-0.05, 0) is 36.4 Å². The zero-order valence-corrected chi connectivity index (χ0v) is 12.5. The Balaban J connectivity index is 1.96. The smallest absolute Gasteiger partial charge is 0.343 e. The number of carbonyl (C=O) groups excluding carboxylic acids is 2. The summed E-state index contributed by atoms with van der Waals surface area (Å²) in [6, 6.07) is 9.62. The number of hydrogen-bond donors (Lipinski definition) is 1. The van der Waals surface area contributed by atoms with E-state index in [1.807, 2.05) is 0 Å². The molecule has 0 aliphatic carbocycles. The molecule has 2 rings (SSSR count). The minimum absolute atomic E-state index is 0.172. The lowest BCUT2D eigenvalue weighted by Gasteiger charge is -2.07. The molecule has 0 atom stereocenters. The third kappa shape index (κ3) is 4.46. The summed E-state index contributed by atoms with van der Waals surface area (Å²) in [5, 5.41) is 3.12. The molecule has 0 radical (unpaired) electrons. The zero-order valence-electron chi connectivity index (χ0n) is 11.7. The van der Waals surface area contributed by atoms with Crippen LogP contribution in [0.15, 0.2) is 42.6 Å². The number of halogens is 1. The number of pyridine rings is 1. The summed E-state index contributed by atoms with van der Waals surface area (Å²) >= 11 is 5.81. The monoisotopic (exact) mass is 320 g/mol. The van der Waals surface area contributed by atoms with Gasteiger partial charge in [0.15, 0.2) is 6.61 Å². The van der Waals surface area contributed by atoms with E-state index in [1.54, 1.807) is 30.3 Å². The van der Waals surface area contributed by atoms with E-state index in [0.29, 0.717) is 16.5 Å². The van der Waals surface area contributed by atoms with E-state index in [1.165, 1.54) is 19.4 Å². The summed E-state index contributed by atoms with van der Waals surface area (Å²) in [6.07, 6.45) is 1.46. The van der Waals surface area contributed by atoms with Gasteiger partial charge in [-0.1, -0.05) is 11.6 Å². The van der Waals surface area contributed by atoms with Gasteiger partial charge in [-0.15, -0.1) is 0 Å². The van der Waals surface area contributed by atoms with Gasteiger partial charge < -0.3 is 14.8 Å². The first-order valence-corrected chi connectivity index (χ1v) is 6.69. The lowest BCUT2D eigenvalue weighted by Crippen LogP contribution is -2.14. The number of nitrogens with one attached hydrogen (secondary N) is 1. The molecule has 0 bridgehead atoms. The molecule has 1 heterocycles. The van der Waals surface area contributed by atoms with Crippen LogP contribution in [0.4, 0.5) is 5.69 Å². The van der Waals surface area contributed by atoms with Crippen molar-refractivity contribution in [2.45, 2.75) is 0 Å². The predicted octanol–water partition coefficient (Wildman–Crippen LogP) is 2.54. The fourth-order valence-electron chi connectivity index (χ4n) is 1.56. The summed E-state index contributed by atoms with van der Waals surface area (Å²) in [5.74, 6) is -0.348. The van der Waals surface area contributed by atoms with Crippen LogP contribution < -0.4 is 10.1 Å². The van der Waals surface area contributed by atoms with Crippen LogP contribution >= 0.6 is 11.6 Å². The van der Waals surface area contributed by atoms with Gasteiger partial charge in [0.2, 0.25) is 0 Å². The second kappa shape index (κ2) is 7.42. The van der Waals surface area contributed by atoms with Crippen molar-refractivity contribution in [1.29, 1.82) is 0 Å². The van der Waals surface area contributed by atoms with Gasteiger partial charge in [0.25, 0.3) is 5.91 Å². The number of anilines is 1. The highest BCUT2D eigenvalue weighted by atomic mass is 35.5. The van der Waals surface area contributed by atoms with Gasteiger partial charge in [0.05, 0.1) is 7.11 Å². The highest BCUT2D eigenvalue weighted by Crippen LogP contribution is 2.17. The topological polar surface area (TPSA) is 77.5 Å². The van der Waals surface area contributed by atoms with Gasteiger partial charge in [0.1, 0.15) is 11.4 Å². The van der Waals surface area contributed by atoms with E-state index in [4.69, 9.17) is 16.3 Å². The van der Waals surface area contributed by atoms with E-state index >= 15 is 0 Å². The molecule has 0 aliphatic heterocycles. The normalized spacial score (nSPS) is 9.91. The lowest BCUT2D eigenvalue weighted by molar-refractivity contribution is -0.142. The Bertz CT molecular complexity index is 673. The number of ether oxygens (including phenoxy) is 2. The van der Waals surface area contributed by atoms with Crippen LogP contribution in [0.1, 0.15) is 10.5 Å². The first-order valence-electron chi connectivity index (χ1n) is 6.31. The van der Waals surface area contributed by atoms with Crippen LogP contribution in [0.3, 0.4) is 0 Å². The Labute approximate surface area is 132 Å². The third-order valence-corrected chi connectivity index (χ3v) is 2.89. The Morgan fingerprint density at radius 3 is 2.59 bits per heavy atom. The van der Waals surface area contributed by atoms with Crippen LogP contribution in [-0.2, 0) is 9.53 Å². The van der Waals surface area contributed by atoms with Crippen LogP contribution in [0, 0.1) is 0 Å². The maximum atomic E-state index is 12.0. The number of aromatic nitrogens is 1. The Kier molecular flexibility index (Phi) is 5.32. The fourth-order valence-corrected chi connectivity index (χ4v) is 1.72. The summed E-state index contributed by atoms with van der Waals surface area (Å²) in [7, 11) is 1.29. The minimum Gasteiger partial charge on any atom is -0.482 e. The molecule has 0 fully saturated rings. The van der Waals surface area contributed by atoms with Gasteiger partial charge in [-0.25, -0.2) is 4.79 Å². The first kappa shape index (κ1) is 15.8. The van der Waals surface area contributed by atoms with Gasteiger partial charge in [0, 0.05) is 16.9 Å². The van der Waals surface area contributed by atoms with Crippen molar-refractivity contribution in [3.05, 3.63) is 53.3 Å². The van der Waals surface area contributed by atoms with Crippen LogP contribution in [-0.4, -0.2) is 30.6 Å². The van der Waals surface area contributed by atoms with Crippen LogP contribution in [0.2, 0.25) is 5.02 Å². The molecule has 1 aromatic heterocycles. The number of esters is 1. The Morgan fingerprint density at radius 1 is 1.23 bits per heavy atom. The summed E-state index contributed by atoms with van der Waals surface area (Å²) in [4.78, 5) is 26.9. The Morgan fingerprint density at radius 2 is 1.95 bits per heavy atom. The number of rotatable bonds is 5. The van der Waals surface area contributed by atoms with E-state index < -0.39 is 5.97 Å². The molecule has 0 saturated heterocycles. The molecule has 22 heavy (non-hydrogen) atoms. The maximum absolute atomic E-state index is 12.0. The number of methoxy groups -OCH3 is 1. The van der Waals surface area contributed by atoms with Gasteiger partial charge in [-0.2, -0.15) is 0 Å². The molecule has 7 heteroatoms. The molecule has 114 valence electrons. The maximum Gasteiger partial charge on any atom is 0.343 e. The first-order chi connectivity index (χ1) is 10.6. The van der Waals surface area contributed by atoms with Gasteiger partial charge >= 0.3 is 5.97 Å². The van der Waals surface area contributed by atoms with Crippen molar-refractivity contribution < 1.29 is 19.1 Å². The molecule has 0 saturated carbocycles. The summed E-state index contributed by atoms with van der Waals surface area (Å²) in [6.45, 7) is -0.172. The number of hydrogen-bond acceptors (Lipinski definition) is 5. The second-order valence-electron chi connectivity index (χ2n) is 4.20. The molecule has 1 aromatic carbocycles. The zero-order chi connectivity index (χ0) is 15.9. The predicted molar refractivity (Wildman–Crippen MR) is 81.2 cm³/mol. The number of nitrogens with zero attached hydrogens (tertiary/aromatic N) is 1. The standard InChI is InChI=1S/C15H13ClN2O4/c1-21-14(19)9-22-12-4-2-11(3-5-12)18-15(20)13-8-10(16)6-7-17-13/h2-8H,9H2,1H3,(H,18,20). The van der Waals surface area contributed by atoms with Crippen molar-refractivity contribution in [2.24, 2.45) is 0 Å². The quantitative estimate of drug-likeness (QED) is 0.857. The molecular formula is C15H13ClN2O4. The van der Waals surface area contributed by atoms with Gasteiger partial charge in [-0.3, -0.25) is 9.78 Å². The van der Waals surface area contributed by atoms with Crippen molar-refractivity contribution >= 4 is 29.2 Å². The number of amides is 1. The third-order valence-electron chi connectivity index (χ3n) is 2.65. The van der Waals surface area contributed by atoms with E-state index in [-0.39, 0.29) is 18.2 Å². The lowest BCUT2D eigenvalue weighted by atomic mass is 10.3. The van der Waals surface area contributed by atoms with E-state index in [2.05, 4.69) is 15.0 Å². The van der Waals surface area contributed by atoms with Crippen molar-refractivity contribution in [3.63, 3.8) is 0 Å². The average Bonchev–Trinajstić information content (AvgIpc) is 2.53. The molecule has 1 amide bonds. The van der Waals surface area contributed by atoms with Crippen molar-refractivity contribution in [3.8, 4) is 5.75 Å². The molecular weight excluding hydrogens is 308 g/mol. The molecule has 6 nitrogen and oxygen atoms in total. The fraction of sp³-hybridized carbons (Fsp3) is 0.133. The highest BCUT2D eigenvalue weighted by Gasteiger charge is 2.08. The second-order valence-corrected chi connectivity index (χ2v) is 4.64. The molecule has 0 aliphatic rings. The summed E-state index contributed by atoms with van der Waals surface area (Å²) < 4.78 is 9.67. The van der Waals surface area contributed by atoms with E-state index in [9.17, 15) is 9.59 Å². The molecule has 0 unspecified atom stereocenters. The number of carbonyl (C=O) groups is 2. The van der Waals surface area contributed by atoms with Crippen molar-refractivity contribution in [2.75, 3.05) is 19.0 Å². The molecule has 1 N–H and O–H groups in total. The highest BCUT2D eigenvalue weighted by molar-refractivity contribution is 6.30. The minimum atomic E-state index is -0.468. The Hall–Kier alpha value is -2.60. The SMILES string of the molecule is COC(=O)COc1ccc(NC(=O)c2cc(Cl)ccn2)cc1. The largest absolute Gasteiger partial charge is 0.482 e. The van der Waals surface area contributed by atoms with Crippen LogP contribution in [0.25, 0.3) is 0 Å². The van der Waals surface area contributed by atoms with E-state index in [0.717, 1.165) is 0 Å².